The molecule has 3 heteroatoms. The predicted molar refractivity (Wildman–Crippen MR) is 82.9 cm³/mol. The van der Waals surface area contributed by atoms with E-state index in [9.17, 15) is 0 Å². The van der Waals surface area contributed by atoms with E-state index in [1.54, 1.807) is 0 Å². The molecule has 0 saturated carbocycles. The van der Waals surface area contributed by atoms with Gasteiger partial charge in [-0.05, 0) is 35.1 Å². The summed E-state index contributed by atoms with van der Waals surface area (Å²) in [5, 5.41) is 5.80. The van der Waals surface area contributed by atoms with Gasteiger partial charge in [0.1, 0.15) is 0 Å². The second-order valence-electron chi connectivity index (χ2n) is 4.75. The highest BCUT2D eigenvalue weighted by atomic mass is 79.9. The molecule has 1 N–H and O–H groups in total. The molecule has 0 aliphatic heterocycles. The van der Waals surface area contributed by atoms with Crippen LogP contribution in [0.3, 0.4) is 0 Å². The average Bonchev–Trinajstić information content (AvgIpc) is 2.82. The molecule has 0 aliphatic carbocycles. The van der Waals surface area contributed by atoms with Crippen molar-refractivity contribution in [1.29, 1.82) is 0 Å². The second-order valence-corrected chi connectivity index (χ2v) is 6.64. The van der Waals surface area contributed by atoms with E-state index in [1.807, 2.05) is 11.3 Å². The van der Waals surface area contributed by atoms with Crippen LogP contribution in [0.1, 0.15) is 30.3 Å². The fourth-order valence-electron chi connectivity index (χ4n) is 2.01. The highest BCUT2D eigenvalue weighted by Crippen LogP contribution is 2.26. The molecule has 2 rings (SSSR count). The van der Waals surface area contributed by atoms with Crippen molar-refractivity contribution in [2.75, 3.05) is 0 Å². The molecule has 0 bridgehead atoms. The zero-order valence-electron chi connectivity index (χ0n) is 10.7. The number of rotatable bonds is 5. The summed E-state index contributed by atoms with van der Waals surface area (Å²) >= 11 is 5.34. The van der Waals surface area contributed by atoms with Gasteiger partial charge in [-0.2, -0.15) is 0 Å². The van der Waals surface area contributed by atoms with Crippen LogP contribution >= 0.6 is 27.3 Å². The maximum Gasteiger partial charge on any atom is 0.0440 e. The first-order valence-electron chi connectivity index (χ1n) is 6.18. The highest BCUT2D eigenvalue weighted by molar-refractivity contribution is 9.10. The molecule has 0 radical (unpaired) electrons. The van der Waals surface area contributed by atoms with Crippen molar-refractivity contribution in [3.05, 3.63) is 56.7 Å². The van der Waals surface area contributed by atoms with E-state index in [0.29, 0.717) is 12.0 Å². The average molecular weight is 324 g/mol. The Morgan fingerprint density at radius 3 is 2.67 bits per heavy atom. The summed E-state index contributed by atoms with van der Waals surface area (Å²) in [6, 6.07) is 13.2. The molecular formula is C15H18BrNS. The van der Waals surface area contributed by atoms with Gasteiger partial charge in [0.15, 0.2) is 0 Å². The van der Waals surface area contributed by atoms with Gasteiger partial charge in [0.2, 0.25) is 0 Å². The van der Waals surface area contributed by atoms with Crippen LogP contribution in [0.4, 0.5) is 0 Å². The topological polar surface area (TPSA) is 12.0 Å². The van der Waals surface area contributed by atoms with Gasteiger partial charge in [-0.1, -0.05) is 48.0 Å². The van der Waals surface area contributed by atoms with Crippen molar-refractivity contribution >= 4 is 27.3 Å². The molecule has 1 unspecified atom stereocenters. The van der Waals surface area contributed by atoms with Gasteiger partial charge in [0.25, 0.3) is 0 Å². The maximum absolute atomic E-state index is 3.65. The molecule has 1 heterocycles. The van der Waals surface area contributed by atoms with Crippen LogP contribution in [-0.4, -0.2) is 0 Å². The highest BCUT2D eigenvalue weighted by Gasteiger charge is 2.15. The quantitative estimate of drug-likeness (QED) is 0.816. The molecule has 18 heavy (non-hydrogen) atoms. The molecule has 2 aromatic rings. The zero-order chi connectivity index (χ0) is 13.0. The summed E-state index contributed by atoms with van der Waals surface area (Å²) in [5.74, 6) is 0.593. The number of benzene rings is 1. The molecule has 1 atom stereocenters. The number of nitrogens with one attached hydrogen (secondary N) is 1. The minimum absolute atomic E-state index is 0.434. The molecule has 1 aromatic heterocycles. The SMILES string of the molecule is CC(C)C(NCc1cccc(Br)c1)c1cccs1. The molecule has 0 fully saturated rings. The maximum atomic E-state index is 3.65. The monoisotopic (exact) mass is 323 g/mol. The van der Waals surface area contributed by atoms with E-state index >= 15 is 0 Å². The fourth-order valence-corrected chi connectivity index (χ4v) is 3.43. The number of halogens is 1. The van der Waals surface area contributed by atoms with Crippen LogP contribution < -0.4 is 5.32 Å². The van der Waals surface area contributed by atoms with Gasteiger partial charge in [-0.3, -0.25) is 0 Å². The molecule has 1 nitrogen and oxygen atoms in total. The summed E-state index contributed by atoms with van der Waals surface area (Å²) < 4.78 is 1.14. The normalized spacial score (nSPS) is 12.9. The van der Waals surface area contributed by atoms with Crippen molar-refractivity contribution in [2.24, 2.45) is 5.92 Å². The first kappa shape index (κ1) is 13.8. The van der Waals surface area contributed by atoms with E-state index in [1.165, 1.54) is 10.4 Å². The van der Waals surface area contributed by atoms with Gasteiger partial charge in [0, 0.05) is 21.9 Å². The Balaban J connectivity index is 2.03. The van der Waals surface area contributed by atoms with Gasteiger partial charge in [-0.25, -0.2) is 0 Å². The summed E-state index contributed by atoms with van der Waals surface area (Å²) in [4.78, 5) is 1.42. The number of hydrogen-bond acceptors (Lipinski definition) is 2. The van der Waals surface area contributed by atoms with Crippen LogP contribution in [0.15, 0.2) is 46.3 Å². The zero-order valence-corrected chi connectivity index (χ0v) is 13.1. The first-order valence-corrected chi connectivity index (χ1v) is 7.85. The van der Waals surface area contributed by atoms with Gasteiger partial charge < -0.3 is 5.32 Å². The van der Waals surface area contributed by atoms with E-state index < -0.39 is 0 Å². The Morgan fingerprint density at radius 2 is 2.06 bits per heavy atom. The summed E-state index contributed by atoms with van der Waals surface area (Å²) in [6.45, 7) is 5.43. The Bertz CT molecular complexity index is 479. The lowest BCUT2D eigenvalue weighted by molar-refractivity contribution is 0.416. The molecular weight excluding hydrogens is 306 g/mol. The van der Waals surface area contributed by atoms with Crippen LogP contribution in [0, 0.1) is 5.92 Å². The third kappa shape index (κ3) is 3.67. The van der Waals surface area contributed by atoms with Crippen molar-refractivity contribution in [3.8, 4) is 0 Å². The van der Waals surface area contributed by atoms with E-state index in [-0.39, 0.29) is 0 Å². The third-order valence-corrected chi connectivity index (χ3v) is 4.38. The standard InChI is InChI=1S/C15H18BrNS/c1-11(2)15(14-7-4-8-18-14)17-10-12-5-3-6-13(16)9-12/h3-9,11,15,17H,10H2,1-2H3. The van der Waals surface area contributed by atoms with Gasteiger partial charge in [-0.15, -0.1) is 11.3 Å². The number of hydrogen-bond donors (Lipinski definition) is 1. The van der Waals surface area contributed by atoms with E-state index in [0.717, 1.165) is 11.0 Å². The molecule has 0 amide bonds. The van der Waals surface area contributed by atoms with Crippen molar-refractivity contribution in [1.82, 2.24) is 5.32 Å². The third-order valence-electron chi connectivity index (χ3n) is 2.93. The molecule has 1 aromatic carbocycles. The van der Waals surface area contributed by atoms with E-state index in [2.05, 4.69) is 76.9 Å². The molecule has 0 aliphatic rings. The minimum Gasteiger partial charge on any atom is -0.305 e. The Morgan fingerprint density at radius 1 is 1.22 bits per heavy atom. The largest absolute Gasteiger partial charge is 0.305 e. The van der Waals surface area contributed by atoms with Crippen molar-refractivity contribution in [2.45, 2.75) is 26.4 Å². The van der Waals surface area contributed by atoms with E-state index in [4.69, 9.17) is 0 Å². The van der Waals surface area contributed by atoms with Crippen LogP contribution in [-0.2, 0) is 6.54 Å². The molecule has 0 spiro atoms. The van der Waals surface area contributed by atoms with Crippen LogP contribution in [0.5, 0.6) is 0 Å². The van der Waals surface area contributed by atoms with Crippen LogP contribution in [0.2, 0.25) is 0 Å². The summed E-state index contributed by atoms with van der Waals surface area (Å²) in [6.07, 6.45) is 0. The Kier molecular flexibility index (Phi) is 4.98. The fraction of sp³-hybridized carbons (Fsp3) is 0.333. The van der Waals surface area contributed by atoms with Crippen molar-refractivity contribution in [3.63, 3.8) is 0 Å². The summed E-state index contributed by atoms with van der Waals surface area (Å²) in [7, 11) is 0. The predicted octanol–water partition coefficient (Wildman–Crippen LogP) is 5.00. The molecule has 96 valence electrons. The van der Waals surface area contributed by atoms with Crippen molar-refractivity contribution < 1.29 is 0 Å². The van der Waals surface area contributed by atoms with Gasteiger partial charge >= 0.3 is 0 Å². The Labute approximate surface area is 121 Å². The summed E-state index contributed by atoms with van der Waals surface area (Å²) in [5.41, 5.74) is 1.31. The molecule has 0 saturated heterocycles. The second kappa shape index (κ2) is 6.50. The lowest BCUT2D eigenvalue weighted by Crippen LogP contribution is -2.24. The minimum atomic E-state index is 0.434. The lowest BCUT2D eigenvalue weighted by Gasteiger charge is -2.21. The van der Waals surface area contributed by atoms with Crippen LogP contribution in [0.25, 0.3) is 0 Å². The number of thiophene rings is 1. The first-order chi connectivity index (χ1) is 8.66. The Hall–Kier alpha value is -0.640. The smallest absolute Gasteiger partial charge is 0.0440 e. The van der Waals surface area contributed by atoms with Gasteiger partial charge in [0.05, 0.1) is 0 Å². The lowest BCUT2D eigenvalue weighted by atomic mass is 10.0.